The van der Waals surface area contributed by atoms with Gasteiger partial charge in [0.05, 0.1) is 9.68 Å². The summed E-state index contributed by atoms with van der Waals surface area (Å²) in [5.41, 5.74) is 0.784. The minimum Gasteiger partial charge on any atom is -0.390 e. The van der Waals surface area contributed by atoms with E-state index in [1.165, 1.54) is 37.2 Å². The molecule has 4 fully saturated rings. The predicted molar refractivity (Wildman–Crippen MR) is 115 cm³/mol. The van der Waals surface area contributed by atoms with E-state index in [9.17, 15) is 9.90 Å². The van der Waals surface area contributed by atoms with E-state index in [1.54, 1.807) is 5.57 Å². The molecule has 1 saturated heterocycles. The summed E-state index contributed by atoms with van der Waals surface area (Å²) in [5, 5.41) is 11.9. The molecular weight excluding hydrogens is 372 g/mol. The molecule has 0 aromatic carbocycles. The molecule has 150 valence electrons. The van der Waals surface area contributed by atoms with Crippen molar-refractivity contribution in [1.29, 1.82) is 0 Å². The Labute approximate surface area is 172 Å². The summed E-state index contributed by atoms with van der Waals surface area (Å²) < 4.78 is 0.341. The van der Waals surface area contributed by atoms with Crippen LogP contribution in [0.3, 0.4) is 0 Å². The molecule has 5 aliphatic rings. The van der Waals surface area contributed by atoms with Crippen LogP contribution >= 0.6 is 23.5 Å². The molecule has 5 unspecified atom stereocenters. The molecule has 5 rings (SSSR count). The van der Waals surface area contributed by atoms with Crippen LogP contribution < -0.4 is 0 Å². The Morgan fingerprint density at radius 3 is 2.59 bits per heavy atom. The van der Waals surface area contributed by atoms with Crippen LogP contribution in [0, 0.1) is 29.1 Å². The molecule has 1 aliphatic heterocycles. The fraction of sp³-hybridized carbons (Fsp3) is 0.870. The molecule has 4 aliphatic carbocycles. The third-order valence-electron chi connectivity index (χ3n) is 9.07. The summed E-state index contributed by atoms with van der Waals surface area (Å²) >= 11 is 4.31. The van der Waals surface area contributed by atoms with Crippen molar-refractivity contribution in [2.24, 2.45) is 29.1 Å². The number of carbonyl (C=O) groups excluding carboxylic acids is 1. The van der Waals surface area contributed by atoms with Gasteiger partial charge in [-0.3, -0.25) is 4.79 Å². The highest BCUT2D eigenvalue weighted by molar-refractivity contribution is 8.21. The van der Waals surface area contributed by atoms with Crippen LogP contribution in [-0.2, 0) is 4.79 Å². The Morgan fingerprint density at radius 2 is 1.89 bits per heavy atom. The highest BCUT2D eigenvalue weighted by atomic mass is 32.2. The first-order chi connectivity index (χ1) is 13.0. The molecule has 4 heteroatoms. The second kappa shape index (κ2) is 6.54. The van der Waals surface area contributed by atoms with Crippen molar-refractivity contribution in [3.63, 3.8) is 0 Å². The van der Waals surface area contributed by atoms with E-state index in [-0.39, 0.29) is 5.41 Å². The molecule has 2 nitrogen and oxygen atoms in total. The van der Waals surface area contributed by atoms with Crippen LogP contribution in [0.15, 0.2) is 11.6 Å². The van der Waals surface area contributed by atoms with Crippen LogP contribution in [-0.4, -0.2) is 32.1 Å². The Kier molecular flexibility index (Phi) is 4.61. The first kappa shape index (κ1) is 19.1. The first-order valence-corrected chi connectivity index (χ1v) is 13.2. The van der Waals surface area contributed by atoms with E-state index in [1.807, 2.05) is 0 Å². The predicted octanol–water partition coefficient (Wildman–Crippen LogP) is 5.45. The van der Waals surface area contributed by atoms with Crippen LogP contribution in [0.1, 0.15) is 71.6 Å². The lowest BCUT2D eigenvalue weighted by Crippen LogP contribution is -2.60. The lowest BCUT2D eigenvalue weighted by Gasteiger charge is -2.60. The fourth-order valence-electron chi connectivity index (χ4n) is 7.89. The first-order valence-electron chi connectivity index (χ1n) is 11.2. The van der Waals surface area contributed by atoms with Crippen LogP contribution in [0.4, 0.5) is 0 Å². The molecule has 0 amide bonds. The fourth-order valence-corrected chi connectivity index (χ4v) is 11.1. The van der Waals surface area contributed by atoms with Gasteiger partial charge in [-0.05, 0) is 75.0 Å². The summed E-state index contributed by atoms with van der Waals surface area (Å²) in [6.45, 7) is 4.35. The Hall–Kier alpha value is 0.0700. The maximum Gasteiger partial charge on any atom is 0.139 e. The number of thioether (sulfide) groups is 2. The second-order valence-electron chi connectivity index (χ2n) is 9.81. The number of ketones is 1. The van der Waals surface area contributed by atoms with Gasteiger partial charge in [-0.1, -0.05) is 25.5 Å². The number of hydrogen-bond acceptors (Lipinski definition) is 4. The zero-order valence-corrected chi connectivity index (χ0v) is 18.5. The van der Waals surface area contributed by atoms with Gasteiger partial charge in [0.15, 0.2) is 0 Å². The highest BCUT2D eigenvalue weighted by Gasteiger charge is 2.65. The van der Waals surface area contributed by atoms with Gasteiger partial charge in [-0.25, -0.2) is 0 Å². The van der Waals surface area contributed by atoms with E-state index in [2.05, 4.69) is 43.4 Å². The third-order valence-corrected chi connectivity index (χ3v) is 12.5. The van der Waals surface area contributed by atoms with Gasteiger partial charge in [-0.2, -0.15) is 0 Å². The molecule has 0 aromatic heterocycles. The van der Waals surface area contributed by atoms with Crippen molar-refractivity contribution < 1.29 is 9.90 Å². The molecule has 6 atom stereocenters. The Bertz CT molecular complexity index is 667. The van der Waals surface area contributed by atoms with Gasteiger partial charge < -0.3 is 5.11 Å². The number of hydrogen-bond donors (Lipinski definition) is 1. The lowest BCUT2D eigenvalue weighted by atomic mass is 9.46. The summed E-state index contributed by atoms with van der Waals surface area (Å²) in [4.78, 5) is 13.0. The van der Waals surface area contributed by atoms with Gasteiger partial charge in [0.1, 0.15) is 5.78 Å². The lowest BCUT2D eigenvalue weighted by molar-refractivity contribution is -0.176. The molecule has 1 N–H and O–H groups in total. The minimum atomic E-state index is -0.651. The number of carbonyl (C=O) groups is 1. The number of allylic oxidation sites excluding steroid dienone is 1. The van der Waals surface area contributed by atoms with E-state index in [4.69, 9.17) is 0 Å². The van der Waals surface area contributed by atoms with Crippen molar-refractivity contribution in [3.8, 4) is 0 Å². The van der Waals surface area contributed by atoms with Crippen molar-refractivity contribution in [2.45, 2.75) is 81.3 Å². The second-order valence-corrected chi connectivity index (χ2v) is 12.9. The topological polar surface area (TPSA) is 37.3 Å². The molecule has 1 heterocycles. The maximum absolute atomic E-state index is 13.0. The average molecular weight is 407 g/mol. The summed E-state index contributed by atoms with van der Waals surface area (Å²) in [7, 11) is 0. The number of rotatable bonds is 2. The molecule has 0 bridgehead atoms. The summed E-state index contributed by atoms with van der Waals surface area (Å²) in [6.07, 6.45) is 11.8. The SMILES string of the molecule is CCC1(O)C[C@]2(CC)C(=O)CCC2C2CCC3=CC4(CCC3C21)SCCS4. The van der Waals surface area contributed by atoms with Crippen LogP contribution in [0.5, 0.6) is 0 Å². The summed E-state index contributed by atoms with van der Waals surface area (Å²) in [6, 6.07) is 0. The van der Waals surface area contributed by atoms with E-state index in [0.717, 1.165) is 32.1 Å². The molecule has 3 saturated carbocycles. The highest BCUT2D eigenvalue weighted by Crippen LogP contribution is 2.66. The number of aliphatic hydroxyl groups is 1. The zero-order chi connectivity index (χ0) is 18.9. The smallest absolute Gasteiger partial charge is 0.139 e. The maximum atomic E-state index is 13.0. The Balaban J connectivity index is 1.53. The molecule has 1 spiro atoms. The molecule has 0 radical (unpaired) electrons. The van der Waals surface area contributed by atoms with Crippen molar-refractivity contribution in [1.82, 2.24) is 0 Å². The molecule has 27 heavy (non-hydrogen) atoms. The van der Waals surface area contributed by atoms with E-state index in [0.29, 0.717) is 33.5 Å². The van der Waals surface area contributed by atoms with Crippen LogP contribution in [0.2, 0.25) is 0 Å². The monoisotopic (exact) mass is 406 g/mol. The zero-order valence-electron chi connectivity index (χ0n) is 16.8. The summed E-state index contributed by atoms with van der Waals surface area (Å²) in [5.74, 6) is 5.05. The van der Waals surface area contributed by atoms with Gasteiger partial charge in [0, 0.05) is 23.3 Å². The van der Waals surface area contributed by atoms with E-state index < -0.39 is 5.60 Å². The van der Waals surface area contributed by atoms with Gasteiger partial charge >= 0.3 is 0 Å². The largest absolute Gasteiger partial charge is 0.390 e. The Morgan fingerprint density at radius 1 is 1.11 bits per heavy atom. The van der Waals surface area contributed by atoms with Gasteiger partial charge in [0.25, 0.3) is 0 Å². The normalized spacial score (nSPS) is 48.1. The quantitative estimate of drug-likeness (QED) is 0.619. The minimum absolute atomic E-state index is 0.222. The van der Waals surface area contributed by atoms with Crippen LogP contribution in [0.25, 0.3) is 0 Å². The van der Waals surface area contributed by atoms with E-state index >= 15 is 0 Å². The number of fused-ring (bicyclic) bond motifs is 5. The van der Waals surface area contributed by atoms with Gasteiger partial charge in [-0.15, -0.1) is 23.5 Å². The van der Waals surface area contributed by atoms with Crippen molar-refractivity contribution >= 4 is 29.3 Å². The molecule has 0 aromatic rings. The average Bonchev–Trinajstić information content (AvgIpc) is 3.26. The number of Topliss-reactive ketones (excluding diaryl/α,β-unsaturated/α-hetero) is 1. The third kappa shape index (κ3) is 2.61. The van der Waals surface area contributed by atoms with Gasteiger partial charge in [0.2, 0.25) is 0 Å². The van der Waals surface area contributed by atoms with Crippen molar-refractivity contribution in [3.05, 3.63) is 11.6 Å². The standard InChI is InChI=1S/C23H34O2S2/c1-3-21-14-22(25,4-2)20-16-9-10-23(26-11-12-27-23)13-15(16)5-6-17(20)18(21)7-8-19(21)24/h13,16-18,20,25H,3-12,14H2,1-2H3/t16?,17?,18?,20?,21-,22?/m0/s1. The van der Waals surface area contributed by atoms with Crippen molar-refractivity contribution in [2.75, 3.05) is 11.5 Å². The molecular formula is C23H34O2S2.